The highest BCUT2D eigenvalue weighted by Crippen LogP contribution is 2.34. The summed E-state index contributed by atoms with van der Waals surface area (Å²) in [4.78, 5) is 10.7. The van der Waals surface area contributed by atoms with Gasteiger partial charge in [0.25, 0.3) is 0 Å². The number of methoxy groups -OCH3 is 1. The zero-order valence-electron chi connectivity index (χ0n) is 8.25. The first-order chi connectivity index (χ1) is 6.97. The van der Waals surface area contributed by atoms with Crippen molar-refractivity contribution in [3.63, 3.8) is 0 Å². The van der Waals surface area contributed by atoms with Crippen molar-refractivity contribution in [2.45, 2.75) is 12.3 Å². The number of benzene rings is 1. The lowest BCUT2D eigenvalue weighted by molar-refractivity contribution is -0.136. The van der Waals surface area contributed by atoms with Gasteiger partial charge in [0.15, 0.2) is 5.38 Å². The van der Waals surface area contributed by atoms with Crippen molar-refractivity contribution in [1.29, 1.82) is 0 Å². The van der Waals surface area contributed by atoms with E-state index in [1.807, 2.05) is 0 Å². The predicted molar refractivity (Wildman–Crippen MR) is 59.0 cm³/mol. The summed E-state index contributed by atoms with van der Waals surface area (Å²) in [7, 11) is 1.46. The van der Waals surface area contributed by atoms with Gasteiger partial charge in [0, 0.05) is 10.6 Å². The molecular formula is C10H10Cl2O3. The van der Waals surface area contributed by atoms with Crippen molar-refractivity contribution in [2.24, 2.45) is 0 Å². The van der Waals surface area contributed by atoms with Gasteiger partial charge in [-0.05, 0) is 24.6 Å². The molecule has 0 aromatic heterocycles. The Morgan fingerprint density at radius 3 is 2.60 bits per heavy atom. The van der Waals surface area contributed by atoms with E-state index in [4.69, 9.17) is 33.0 Å². The molecule has 82 valence electrons. The van der Waals surface area contributed by atoms with Crippen molar-refractivity contribution in [3.8, 4) is 5.75 Å². The van der Waals surface area contributed by atoms with Gasteiger partial charge in [-0.25, -0.2) is 0 Å². The van der Waals surface area contributed by atoms with Crippen LogP contribution < -0.4 is 4.74 Å². The zero-order valence-corrected chi connectivity index (χ0v) is 9.76. The standard InChI is InChI=1S/C10H10Cl2O3/c1-5-3-8(15-2)6(4-7(5)11)9(12)10(13)14/h3-4,9H,1-2H3,(H,13,14). The number of alkyl halides is 1. The number of carboxylic acid groups (broad SMARTS) is 1. The molecule has 0 amide bonds. The lowest BCUT2D eigenvalue weighted by atomic mass is 10.1. The van der Waals surface area contributed by atoms with Crippen molar-refractivity contribution in [2.75, 3.05) is 7.11 Å². The number of ether oxygens (including phenoxy) is 1. The third kappa shape index (κ3) is 2.55. The zero-order chi connectivity index (χ0) is 11.6. The van der Waals surface area contributed by atoms with E-state index in [0.717, 1.165) is 5.56 Å². The largest absolute Gasteiger partial charge is 0.496 e. The highest BCUT2D eigenvalue weighted by atomic mass is 35.5. The summed E-state index contributed by atoms with van der Waals surface area (Å²) in [6.07, 6.45) is 0. The van der Waals surface area contributed by atoms with Gasteiger partial charge >= 0.3 is 5.97 Å². The normalized spacial score (nSPS) is 12.3. The molecule has 3 nitrogen and oxygen atoms in total. The number of hydrogen-bond donors (Lipinski definition) is 1. The van der Waals surface area contributed by atoms with Crippen LogP contribution in [0.15, 0.2) is 12.1 Å². The molecular weight excluding hydrogens is 239 g/mol. The summed E-state index contributed by atoms with van der Waals surface area (Å²) in [6.45, 7) is 1.80. The first-order valence-electron chi connectivity index (χ1n) is 4.18. The van der Waals surface area contributed by atoms with Gasteiger partial charge in [-0.1, -0.05) is 11.6 Å². The van der Waals surface area contributed by atoms with Crippen LogP contribution in [-0.4, -0.2) is 18.2 Å². The van der Waals surface area contributed by atoms with Gasteiger partial charge in [0.1, 0.15) is 5.75 Å². The van der Waals surface area contributed by atoms with Crippen LogP contribution in [0.3, 0.4) is 0 Å². The number of aliphatic carboxylic acids is 1. The summed E-state index contributed by atoms with van der Waals surface area (Å²) >= 11 is 11.6. The highest BCUT2D eigenvalue weighted by molar-refractivity contribution is 6.32. The number of carboxylic acids is 1. The Morgan fingerprint density at radius 1 is 1.53 bits per heavy atom. The van der Waals surface area contributed by atoms with Crippen LogP contribution in [0.2, 0.25) is 5.02 Å². The molecule has 1 unspecified atom stereocenters. The molecule has 0 fully saturated rings. The van der Waals surface area contributed by atoms with E-state index in [0.29, 0.717) is 16.3 Å². The molecule has 1 atom stereocenters. The van der Waals surface area contributed by atoms with Crippen molar-refractivity contribution >= 4 is 29.2 Å². The molecule has 0 aliphatic rings. The van der Waals surface area contributed by atoms with Crippen LogP contribution in [0.5, 0.6) is 5.75 Å². The van der Waals surface area contributed by atoms with Gasteiger partial charge in [-0.15, -0.1) is 11.6 Å². The monoisotopic (exact) mass is 248 g/mol. The summed E-state index contributed by atoms with van der Waals surface area (Å²) in [5.74, 6) is -0.700. The van der Waals surface area contributed by atoms with Gasteiger partial charge in [-0.3, -0.25) is 4.79 Å². The van der Waals surface area contributed by atoms with Crippen molar-refractivity contribution in [1.82, 2.24) is 0 Å². The summed E-state index contributed by atoms with van der Waals surface area (Å²) < 4.78 is 5.05. The average Bonchev–Trinajstić information content (AvgIpc) is 2.20. The van der Waals surface area contributed by atoms with Crippen LogP contribution in [0.25, 0.3) is 0 Å². The van der Waals surface area contributed by atoms with Gasteiger partial charge in [0.2, 0.25) is 0 Å². The lowest BCUT2D eigenvalue weighted by Crippen LogP contribution is -2.07. The molecule has 1 N–H and O–H groups in total. The number of carbonyl (C=O) groups is 1. The Morgan fingerprint density at radius 2 is 2.13 bits per heavy atom. The minimum Gasteiger partial charge on any atom is -0.496 e. The smallest absolute Gasteiger partial charge is 0.326 e. The molecule has 5 heteroatoms. The molecule has 0 radical (unpaired) electrons. The van der Waals surface area contributed by atoms with E-state index >= 15 is 0 Å². The van der Waals surface area contributed by atoms with Gasteiger partial charge in [0.05, 0.1) is 7.11 Å². The third-order valence-electron chi connectivity index (χ3n) is 2.00. The maximum Gasteiger partial charge on any atom is 0.326 e. The van der Waals surface area contributed by atoms with Crippen molar-refractivity contribution < 1.29 is 14.6 Å². The van der Waals surface area contributed by atoms with E-state index in [1.54, 1.807) is 13.0 Å². The molecule has 0 saturated carbocycles. The summed E-state index contributed by atoms with van der Waals surface area (Å²) in [5, 5.41) is 8.10. The highest BCUT2D eigenvalue weighted by Gasteiger charge is 2.21. The minimum absolute atomic E-state index is 0.363. The van der Waals surface area contributed by atoms with E-state index in [1.165, 1.54) is 13.2 Å². The molecule has 0 bridgehead atoms. The topological polar surface area (TPSA) is 46.5 Å². The average molecular weight is 249 g/mol. The van der Waals surface area contributed by atoms with E-state index < -0.39 is 11.3 Å². The lowest BCUT2D eigenvalue weighted by Gasteiger charge is -2.12. The Hall–Kier alpha value is -0.930. The number of hydrogen-bond acceptors (Lipinski definition) is 2. The van der Waals surface area contributed by atoms with Crippen LogP contribution in [0, 0.1) is 6.92 Å². The fourth-order valence-corrected chi connectivity index (χ4v) is 1.52. The fourth-order valence-electron chi connectivity index (χ4n) is 1.18. The minimum atomic E-state index is -1.15. The summed E-state index contributed by atoms with van der Waals surface area (Å²) in [5.41, 5.74) is 1.17. The molecule has 0 saturated heterocycles. The maximum absolute atomic E-state index is 10.7. The number of rotatable bonds is 3. The van der Waals surface area contributed by atoms with Crippen molar-refractivity contribution in [3.05, 3.63) is 28.3 Å². The van der Waals surface area contributed by atoms with E-state index in [2.05, 4.69) is 0 Å². The first-order valence-corrected chi connectivity index (χ1v) is 4.99. The van der Waals surface area contributed by atoms with Crippen LogP contribution in [0.4, 0.5) is 0 Å². The molecule has 1 aromatic rings. The fraction of sp³-hybridized carbons (Fsp3) is 0.300. The SMILES string of the molecule is COc1cc(C)c(Cl)cc1C(Cl)C(=O)O. The van der Waals surface area contributed by atoms with Crippen LogP contribution >= 0.6 is 23.2 Å². The molecule has 1 aromatic carbocycles. The van der Waals surface area contributed by atoms with Crippen LogP contribution in [0.1, 0.15) is 16.5 Å². The Bertz CT molecular complexity index is 390. The second-order valence-electron chi connectivity index (χ2n) is 3.04. The molecule has 1 rings (SSSR count). The Balaban J connectivity index is 3.27. The predicted octanol–water partition coefficient (Wildman–Crippen LogP) is 3.02. The van der Waals surface area contributed by atoms with Gasteiger partial charge in [-0.2, -0.15) is 0 Å². The summed E-state index contributed by atoms with van der Waals surface area (Å²) in [6, 6.07) is 3.18. The molecule has 0 spiro atoms. The molecule has 0 aliphatic heterocycles. The first kappa shape index (κ1) is 12.1. The Kier molecular flexibility index (Phi) is 3.83. The maximum atomic E-state index is 10.7. The number of aryl methyl sites for hydroxylation is 1. The Labute approximate surface area is 97.6 Å². The van der Waals surface area contributed by atoms with Crippen LogP contribution in [-0.2, 0) is 4.79 Å². The molecule has 15 heavy (non-hydrogen) atoms. The number of halogens is 2. The second kappa shape index (κ2) is 4.73. The molecule has 0 aliphatic carbocycles. The van der Waals surface area contributed by atoms with E-state index in [-0.39, 0.29) is 0 Å². The molecule has 0 heterocycles. The quantitative estimate of drug-likeness (QED) is 0.837. The third-order valence-corrected chi connectivity index (χ3v) is 2.83. The van der Waals surface area contributed by atoms with Gasteiger partial charge < -0.3 is 9.84 Å². The second-order valence-corrected chi connectivity index (χ2v) is 3.89. The van der Waals surface area contributed by atoms with E-state index in [9.17, 15) is 4.79 Å².